The molecule has 1 saturated heterocycles. The largest absolute Gasteiger partial charge is 0.347 e. The van der Waals surface area contributed by atoms with Gasteiger partial charge in [0.1, 0.15) is 0 Å². The molecule has 5 nitrogen and oxygen atoms in total. The minimum Gasteiger partial charge on any atom is -0.347 e. The highest BCUT2D eigenvalue weighted by molar-refractivity contribution is 14.0. The normalized spacial score (nSPS) is 22.0. The number of hydrogen-bond acceptors (Lipinski definition) is 2. The second kappa shape index (κ2) is 10.9. The van der Waals surface area contributed by atoms with Gasteiger partial charge in [0, 0.05) is 33.2 Å². The van der Waals surface area contributed by atoms with Gasteiger partial charge in [0.2, 0.25) is 5.91 Å². The van der Waals surface area contributed by atoms with Crippen molar-refractivity contribution < 1.29 is 4.79 Å². The van der Waals surface area contributed by atoms with E-state index in [0.717, 1.165) is 36.4 Å². The zero-order valence-electron chi connectivity index (χ0n) is 16.6. The van der Waals surface area contributed by atoms with Crippen LogP contribution in [-0.4, -0.2) is 54.9 Å². The van der Waals surface area contributed by atoms with Gasteiger partial charge in [-0.3, -0.25) is 9.79 Å². The first-order valence-corrected chi connectivity index (χ1v) is 9.98. The van der Waals surface area contributed by atoms with Crippen molar-refractivity contribution in [3.05, 3.63) is 35.9 Å². The summed E-state index contributed by atoms with van der Waals surface area (Å²) < 4.78 is 0. The summed E-state index contributed by atoms with van der Waals surface area (Å²) >= 11 is 0. The highest BCUT2D eigenvalue weighted by atomic mass is 127. The molecule has 1 aliphatic carbocycles. The van der Waals surface area contributed by atoms with Gasteiger partial charge in [-0.15, -0.1) is 24.0 Å². The van der Waals surface area contributed by atoms with Crippen LogP contribution in [0.2, 0.25) is 0 Å². The highest BCUT2D eigenvalue weighted by Crippen LogP contribution is 2.35. The first-order chi connectivity index (χ1) is 12.7. The Hall–Kier alpha value is -1.31. The molecule has 2 fully saturated rings. The van der Waals surface area contributed by atoms with Gasteiger partial charge >= 0.3 is 0 Å². The van der Waals surface area contributed by atoms with Crippen LogP contribution in [0.3, 0.4) is 0 Å². The van der Waals surface area contributed by atoms with Crippen LogP contribution in [0, 0.1) is 11.8 Å². The van der Waals surface area contributed by atoms with Gasteiger partial charge in [-0.2, -0.15) is 0 Å². The number of carbonyl (C=O) groups excluding carboxylic acids is 1. The highest BCUT2D eigenvalue weighted by Gasteiger charge is 2.35. The third-order valence-electron chi connectivity index (χ3n) is 5.84. The summed E-state index contributed by atoms with van der Waals surface area (Å²) in [6.07, 6.45) is 5.42. The van der Waals surface area contributed by atoms with E-state index in [1.807, 2.05) is 37.1 Å². The third-order valence-corrected chi connectivity index (χ3v) is 5.84. The number of likely N-dealkylation sites (tertiary alicyclic amines) is 1. The smallest absolute Gasteiger partial charge is 0.242 e. The van der Waals surface area contributed by atoms with Gasteiger partial charge in [-0.05, 0) is 37.2 Å². The number of hydrogen-bond donors (Lipinski definition) is 1. The van der Waals surface area contributed by atoms with Crippen molar-refractivity contribution in [2.24, 2.45) is 16.8 Å². The molecule has 27 heavy (non-hydrogen) atoms. The van der Waals surface area contributed by atoms with Crippen LogP contribution in [0.15, 0.2) is 35.3 Å². The summed E-state index contributed by atoms with van der Waals surface area (Å²) in [5.41, 5.74) is 1.16. The molecule has 1 saturated carbocycles. The van der Waals surface area contributed by atoms with Crippen molar-refractivity contribution in [2.45, 2.75) is 39.2 Å². The summed E-state index contributed by atoms with van der Waals surface area (Å²) in [6, 6.07) is 10.2. The number of nitrogens with one attached hydrogen (secondary N) is 1. The number of fused-ring (bicyclic) bond motifs is 1. The van der Waals surface area contributed by atoms with E-state index in [4.69, 9.17) is 0 Å². The van der Waals surface area contributed by atoms with Crippen LogP contribution < -0.4 is 5.32 Å². The lowest BCUT2D eigenvalue weighted by molar-refractivity contribution is -0.130. The molecule has 1 aromatic carbocycles. The molecule has 0 aromatic heterocycles. The predicted molar refractivity (Wildman–Crippen MR) is 121 cm³/mol. The zero-order valence-corrected chi connectivity index (χ0v) is 18.9. The van der Waals surface area contributed by atoms with Gasteiger partial charge < -0.3 is 15.1 Å². The maximum Gasteiger partial charge on any atom is 0.242 e. The summed E-state index contributed by atoms with van der Waals surface area (Å²) in [6.45, 7) is 5.87. The van der Waals surface area contributed by atoms with Crippen LogP contribution in [-0.2, 0) is 11.3 Å². The topological polar surface area (TPSA) is 47.9 Å². The number of amides is 1. The van der Waals surface area contributed by atoms with Crippen LogP contribution in [0.4, 0.5) is 0 Å². The van der Waals surface area contributed by atoms with Crippen molar-refractivity contribution in [1.82, 2.24) is 15.1 Å². The molecule has 1 amide bonds. The van der Waals surface area contributed by atoms with Gasteiger partial charge in [0.05, 0.1) is 6.54 Å². The maximum absolute atomic E-state index is 12.7. The molecule has 0 bridgehead atoms. The third kappa shape index (κ3) is 5.83. The molecule has 1 aromatic rings. The quantitative estimate of drug-likeness (QED) is 0.396. The SMILES string of the molecule is CCN(Cc1ccccc1)C(=O)CNC(=NC)N1CC2CCCCC2C1.I. The number of halogens is 1. The fourth-order valence-electron chi connectivity index (χ4n) is 4.36. The van der Waals surface area contributed by atoms with E-state index in [2.05, 4.69) is 27.3 Å². The monoisotopic (exact) mass is 484 g/mol. The molecule has 6 heteroatoms. The van der Waals surface area contributed by atoms with E-state index >= 15 is 0 Å². The van der Waals surface area contributed by atoms with Crippen LogP contribution in [0.25, 0.3) is 0 Å². The summed E-state index contributed by atoms with van der Waals surface area (Å²) in [4.78, 5) is 21.3. The summed E-state index contributed by atoms with van der Waals surface area (Å²) in [5, 5.41) is 3.31. The fourth-order valence-corrected chi connectivity index (χ4v) is 4.36. The number of aliphatic imine (C=N–C) groups is 1. The Morgan fingerprint density at radius 2 is 1.81 bits per heavy atom. The van der Waals surface area contributed by atoms with E-state index in [1.54, 1.807) is 0 Å². The minimum absolute atomic E-state index is 0. The van der Waals surface area contributed by atoms with Crippen molar-refractivity contribution in [1.29, 1.82) is 0 Å². The Balaban J connectivity index is 0.00000261. The van der Waals surface area contributed by atoms with E-state index in [0.29, 0.717) is 19.6 Å². The van der Waals surface area contributed by atoms with E-state index < -0.39 is 0 Å². The van der Waals surface area contributed by atoms with E-state index in [1.165, 1.54) is 25.7 Å². The Kier molecular flexibility index (Phi) is 8.86. The van der Waals surface area contributed by atoms with Crippen LogP contribution in [0.1, 0.15) is 38.2 Å². The lowest BCUT2D eigenvalue weighted by atomic mass is 9.82. The lowest BCUT2D eigenvalue weighted by Gasteiger charge is -2.24. The Labute approximate surface area is 180 Å². The number of guanidine groups is 1. The number of benzene rings is 1. The molecule has 150 valence electrons. The van der Waals surface area contributed by atoms with Crippen LogP contribution in [0.5, 0.6) is 0 Å². The summed E-state index contributed by atoms with van der Waals surface area (Å²) in [7, 11) is 1.82. The molecular formula is C21H33IN4O. The first-order valence-electron chi connectivity index (χ1n) is 9.98. The Morgan fingerprint density at radius 3 is 2.37 bits per heavy atom. The van der Waals surface area contributed by atoms with Crippen molar-refractivity contribution >= 4 is 35.8 Å². The Morgan fingerprint density at radius 1 is 1.19 bits per heavy atom. The second-order valence-electron chi connectivity index (χ2n) is 7.50. The average Bonchev–Trinajstić information content (AvgIpc) is 3.11. The molecule has 1 N–H and O–H groups in total. The molecule has 2 unspecified atom stereocenters. The van der Waals surface area contributed by atoms with Gasteiger partial charge in [0.25, 0.3) is 0 Å². The maximum atomic E-state index is 12.7. The van der Waals surface area contributed by atoms with Gasteiger partial charge in [-0.25, -0.2) is 0 Å². The molecule has 3 rings (SSSR count). The molecule has 0 radical (unpaired) electrons. The van der Waals surface area contributed by atoms with Crippen molar-refractivity contribution in [3.8, 4) is 0 Å². The van der Waals surface area contributed by atoms with E-state index in [9.17, 15) is 4.79 Å². The second-order valence-corrected chi connectivity index (χ2v) is 7.50. The molecule has 2 aliphatic rings. The zero-order chi connectivity index (χ0) is 18.4. The van der Waals surface area contributed by atoms with Crippen molar-refractivity contribution in [3.63, 3.8) is 0 Å². The molecule has 2 atom stereocenters. The standard InChI is InChI=1S/C21H32N4O.HI/c1-3-24(14-17-9-5-4-6-10-17)20(26)13-23-21(22-2)25-15-18-11-7-8-12-19(18)16-25;/h4-6,9-10,18-19H,3,7-8,11-16H2,1-2H3,(H,22,23);1H. The minimum atomic E-state index is 0. The number of rotatable bonds is 5. The van der Waals surface area contributed by atoms with Crippen molar-refractivity contribution in [2.75, 3.05) is 33.2 Å². The van der Waals surface area contributed by atoms with Gasteiger partial charge in [-0.1, -0.05) is 43.2 Å². The lowest BCUT2D eigenvalue weighted by Crippen LogP contribution is -2.45. The number of carbonyl (C=O) groups is 1. The van der Waals surface area contributed by atoms with Crippen LogP contribution >= 0.6 is 24.0 Å². The fraction of sp³-hybridized carbons (Fsp3) is 0.619. The Bertz CT molecular complexity index is 608. The molecule has 1 aliphatic heterocycles. The first kappa shape index (κ1) is 22.0. The number of likely N-dealkylation sites (N-methyl/N-ethyl adjacent to an activating group) is 1. The molecule has 1 heterocycles. The number of nitrogens with zero attached hydrogens (tertiary/aromatic N) is 3. The average molecular weight is 484 g/mol. The molecule has 0 spiro atoms. The van der Waals surface area contributed by atoms with Gasteiger partial charge in [0.15, 0.2) is 5.96 Å². The summed E-state index contributed by atoms with van der Waals surface area (Å²) in [5.74, 6) is 2.61. The predicted octanol–water partition coefficient (Wildman–Crippen LogP) is 3.35. The van der Waals surface area contributed by atoms with E-state index in [-0.39, 0.29) is 29.9 Å². The molecular weight excluding hydrogens is 451 g/mol.